The van der Waals surface area contributed by atoms with Crippen molar-refractivity contribution in [3.63, 3.8) is 0 Å². The van der Waals surface area contributed by atoms with Crippen LogP contribution in [0.25, 0.3) is 0 Å². The highest BCUT2D eigenvalue weighted by molar-refractivity contribution is 7.99. The lowest BCUT2D eigenvalue weighted by atomic mass is 9.98. The van der Waals surface area contributed by atoms with Gasteiger partial charge >= 0.3 is 5.97 Å². The van der Waals surface area contributed by atoms with E-state index in [9.17, 15) is 24.8 Å². The smallest absolute Gasteiger partial charge is 0.330 e. The molecule has 1 aliphatic rings. The number of non-ortho nitro benzene ring substituents is 1. The fourth-order valence-electron chi connectivity index (χ4n) is 2.16. The Bertz CT molecular complexity index is 631. The minimum atomic E-state index is -1.24. The van der Waals surface area contributed by atoms with Gasteiger partial charge in [0.05, 0.1) is 16.4 Å². The maximum Gasteiger partial charge on any atom is 0.330 e. The SMILES string of the molecule is O=C(Cc1ccc([N+](=O)[O-])cc1Cl)NC1(C(=O)O)CCSC1. The topological polar surface area (TPSA) is 110 Å². The minimum Gasteiger partial charge on any atom is -0.479 e. The van der Waals surface area contributed by atoms with Crippen LogP contribution >= 0.6 is 23.4 Å². The Morgan fingerprint density at radius 3 is 2.73 bits per heavy atom. The Balaban J connectivity index is 2.09. The first-order valence-corrected chi connectivity index (χ1v) is 7.92. The van der Waals surface area contributed by atoms with Crippen molar-refractivity contribution in [3.8, 4) is 0 Å². The summed E-state index contributed by atoms with van der Waals surface area (Å²) in [7, 11) is 0. The molecule has 1 heterocycles. The average Bonchev–Trinajstić information content (AvgIpc) is 2.90. The third kappa shape index (κ3) is 3.50. The van der Waals surface area contributed by atoms with Crippen LogP contribution < -0.4 is 5.32 Å². The van der Waals surface area contributed by atoms with E-state index >= 15 is 0 Å². The standard InChI is InChI=1S/C13H13ClN2O5S/c14-10-6-9(16(20)21)2-1-8(10)5-11(17)15-13(12(18)19)3-4-22-7-13/h1-2,6H,3-5,7H2,(H,15,17)(H,18,19). The lowest BCUT2D eigenvalue weighted by molar-refractivity contribution is -0.384. The Hall–Kier alpha value is -1.80. The second-order valence-electron chi connectivity index (χ2n) is 4.95. The lowest BCUT2D eigenvalue weighted by Crippen LogP contribution is -2.55. The van der Waals surface area contributed by atoms with Crippen molar-refractivity contribution in [2.24, 2.45) is 0 Å². The molecule has 1 aromatic carbocycles. The summed E-state index contributed by atoms with van der Waals surface area (Å²) in [6.07, 6.45) is 0.239. The number of nitrogens with one attached hydrogen (secondary N) is 1. The van der Waals surface area contributed by atoms with Crippen LogP contribution in [0, 0.1) is 10.1 Å². The van der Waals surface area contributed by atoms with Gasteiger partial charge in [0, 0.05) is 17.9 Å². The summed E-state index contributed by atoms with van der Waals surface area (Å²) in [5, 5.41) is 22.6. The number of amides is 1. The maximum atomic E-state index is 12.1. The molecule has 1 atom stereocenters. The van der Waals surface area contributed by atoms with Gasteiger partial charge in [-0.25, -0.2) is 4.79 Å². The molecule has 0 aromatic heterocycles. The molecule has 0 saturated carbocycles. The Labute approximate surface area is 135 Å². The number of hydrogen-bond acceptors (Lipinski definition) is 5. The summed E-state index contributed by atoms with van der Waals surface area (Å²) in [5.74, 6) is -0.534. The van der Waals surface area contributed by atoms with Crippen LogP contribution in [0.15, 0.2) is 18.2 Å². The molecule has 9 heteroatoms. The van der Waals surface area contributed by atoms with Crippen LogP contribution in [0.3, 0.4) is 0 Å². The molecular weight excluding hydrogens is 332 g/mol. The largest absolute Gasteiger partial charge is 0.479 e. The summed E-state index contributed by atoms with van der Waals surface area (Å²) in [5.41, 5.74) is -0.992. The van der Waals surface area contributed by atoms with E-state index in [4.69, 9.17) is 11.6 Å². The number of carboxylic acids is 1. The van der Waals surface area contributed by atoms with Crippen molar-refractivity contribution in [1.29, 1.82) is 0 Å². The van der Waals surface area contributed by atoms with Gasteiger partial charge in [0.1, 0.15) is 5.54 Å². The summed E-state index contributed by atoms with van der Waals surface area (Å²) < 4.78 is 0. The van der Waals surface area contributed by atoms with Crippen LogP contribution in [-0.2, 0) is 16.0 Å². The highest BCUT2D eigenvalue weighted by atomic mass is 35.5. The summed E-state index contributed by atoms with van der Waals surface area (Å²) in [6.45, 7) is 0. The van der Waals surface area contributed by atoms with Crippen molar-refractivity contribution in [2.45, 2.75) is 18.4 Å². The Morgan fingerprint density at radius 2 is 2.23 bits per heavy atom. The Kier molecular flexibility index (Phi) is 4.92. The van der Waals surface area contributed by atoms with Crippen molar-refractivity contribution in [2.75, 3.05) is 11.5 Å². The van der Waals surface area contributed by atoms with E-state index in [0.29, 0.717) is 23.5 Å². The number of nitrogens with zero attached hydrogens (tertiary/aromatic N) is 1. The summed E-state index contributed by atoms with van der Waals surface area (Å²) >= 11 is 7.40. The van der Waals surface area contributed by atoms with Gasteiger partial charge in [0.25, 0.3) is 5.69 Å². The predicted octanol–water partition coefficient (Wildman–Crippen LogP) is 1.87. The van der Waals surface area contributed by atoms with Crippen LogP contribution in [0.1, 0.15) is 12.0 Å². The van der Waals surface area contributed by atoms with Crippen LogP contribution in [-0.4, -0.2) is 39.0 Å². The highest BCUT2D eigenvalue weighted by Crippen LogP contribution is 2.29. The molecule has 1 unspecified atom stereocenters. The van der Waals surface area contributed by atoms with E-state index < -0.39 is 22.3 Å². The van der Waals surface area contributed by atoms with Crippen LogP contribution in [0.2, 0.25) is 5.02 Å². The Morgan fingerprint density at radius 1 is 1.50 bits per heavy atom. The monoisotopic (exact) mass is 344 g/mol. The first kappa shape index (κ1) is 16.6. The normalized spacial score (nSPS) is 20.6. The van der Waals surface area contributed by atoms with E-state index in [1.807, 2.05) is 0 Å². The molecule has 118 valence electrons. The first-order valence-electron chi connectivity index (χ1n) is 6.39. The average molecular weight is 345 g/mol. The number of halogens is 1. The zero-order chi connectivity index (χ0) is 16.3. The number of rotatable bonds is 5. The molecule has 1 amide bonds. The van der Waals surface area contributed by atoms with E-state index in [1.165, 1.54) is 30.0 Å². The highest BCUT2D eigenvalue weighted by Gasteiger charge is 2.43. The fraction of sp³-hybridized carbons (Fsp3) is 0.385. The molecule has 0 radical (unpaired) electrons. The maximum absolute atomic E-state index is 12.1. The zero-order valence-electron chi connectivity index (χ0n) is 11.4. The van der Waals surface area contributed by atoms with E-state index in [0.717, 1.165) is 0 Å². The van der Waals surface area contributed by atoms with Crippen LogP contribution in [0.5, 0.6) is 0 Å². The number of carboxylic acid groups (broad SMARTS) is 1. The number of nitro groups is 1. The molecule has 22 heavy (non-hydrogen) atoms. The molecule has 1 aliphatic heterocycles. The van der Waals surface area contributed by atoms with Crippen LogP contribution in [0.4, 0.5) is 5.69 Å². The van der Waals surface area contributed by atoms with Gasteiger partial charge in [-0.15, -0.1) is 0 Å². The summed E-state index contributed by atoms with van der Waals surface area (Å²) in [6, 6.07) is 3.83. The van der Waals surface area contributed by atoms with Gasteiger partial charge in [-0.2, -0.15) is 11.8 Å². The zero-order valence-corrected chi connectivity index (χ0v) is 12.9. The second-order valence-corrected chi connectivity index (χ2v) is 6.46. The van der Waals surface area contributed by atoms with E-state index in [-0.39, 0.29) is 17.1 Å². The summed E-state index contributed by atoms with van der Waals surface area (Å²) in [4.78, 5) is 33.5. The fourth-order valence-corrected chi connectivity index (χ4v) is 3.73. The molecule has 2 rings (SSSR count). The number of thioether (sulfide) groups is 1. The van der Waals surface area contributed by atoms with E-state index in [1.54, 1.807) is 0 Å². The van der Waals surface area contributed by atoms with Gasteiger partial charge < -0.3 is 10.4 Å². The third-order valence-electron chi connectivity index (χ3n) is 3.41. The molecule has 2 N–H and O–H groups in total. The third-order valence-corrected chi connectivity index (χ3v) is 4.95. The van der Waals surface area contributed by atoms with Gasteiger partial charge in [-0.1, -0.05) is 17.7 Å². The molecule has 1 fully saturated rings. The number of benzene rings is 1. The van der Waals surface area contributed by atoms with Crippen molar-refractivity contribution in [1.82, 2.24) is 5.32 Å². The molecule has 0 spiro atoms. The van der Waals surface area contributed by atoms with Crippen molar-refractivity contribution in [3.05, 3.63) is 38.9 Å². The number of nitro benzene ring substituents is 1. The number of carbonyl (C=O) groups excluding carboxylic acids is 1. The van der Waals surface area contributed by atoms with Crippen molar-refractivity contribution >= 4 is 40.9 Å². The second kappa shape index (κ2) is 6.53. The first-order chi connectivity index (χ1) is 10.3. The van der Waals surface area contributed by atoms with Gasteiger partial charge in [0.2, 0.25) is 5.91 Å². The van der Waals surface area contributed by atoms with Gasteiger partial charge in [-0.3, -0.25) is 14.9 Å². The molecule has 0 aliphatic carbocycles. The number of hydrogen-bond donors (Lipinski definition) is 2. The molecular formula is C13H13ClN2O5S. The quantitative estimate of drug-likeness (QED) is 0.623. The van der Waals surface area contributed by atoms with Gasteiger partial charge in [0.15, 0.2) is 0 Å². The minimum absolute atomic E-state index is 0.106. The molecule has 1 saturated heterocycles. The van der Waals surface area contributed by atoms with E-state index in [2.05, 4.69) is 5.32 Å². The predicted molar refractivity (Wildman–Crippen MR) is 82.3 cm³/mol. The molecule has 1 aromatic rings. The molecule has 7 nitrogen and oxygen atoms in total. The number of aliphatic carboxylic acids is 1. The van der Waals surface area contributed by atoms with Gasteiger partial charge in [-0.05, 0) is 17.7 Å². The van der Waals surface area contributed by atoms with Crippen molar-refractivity contribution < 1.29 is 19.6 Å². The lowest BCUT2D eigenvalue weighted by Gasteiger charge is -2.24. The number of carbonyl (C=O) groups is 2. The molecule has 0 bridgehead atoms.